The van der Waals surface area contributed by atoms with Crippen LogP contribution in [0.3, 0.4) is 0 Å². The summed E-state index contributed by atoms with van der Waals surface area (Å²) < 4.78 is 0. The first-order valence-electron chi connectivity index (χ1n) is 7.53. The fourth-order valence-electron chi connectivity index (χ4n) is 2.25. The van der Waals surface area contributed by atoms with E-state index in [-0.39, 0.29) is 24.0 Å². The van der Waals surface area contributed by atoms with Crippen LogP contribution in [-0.4, -0.2) is 29.9 Å². The van der Waals surface area contributed by atoms with E-state index in [4.69, 9.17) is 0 Å². The van der Waals surface area contributed by atoms with Gasteiger partial charge in [0.1, 0.15) is 5.01 Å². The normalized spacial score (nSPS) is 11.0. The van der Waals surface area contributed by atoms with Crippen molar-refractivity contribution in [2.24, 2.45) is 4.99 Å². The molecule has 0 bridgehead atoms. The SMILES string of the molecule is CCc1ccc(CN(C)C(=NC)NCc2ncc(C)s2)cc1.I. The van der Waals surface area contributed by atoms with Crippen molar-refractivity contribution in [1.82, 2.24) is 15.2 Å². The Morgan fingerprint density at radius 3 is 2.43 bits per heavy atom. The molecule has 6 heteroatoms. The predicted molar refractivity (Wildman–Crippen MR) is 110 cm³/mol. The van der Waals surface area contributed by atoms with Crippen molar-refractivity contribution in [3.05, 3.63) is 51.5 Å². The summed E-state index contributed by atoms with van der Waals surface area (Å²) in [5.74, 6) is 0.882. The third-order valence-electron chi connectivity index (χ3n) is 3.49. The van der Waals surface area contributed by atoms with Gasteiger partial charge in [0.15, 0.2) is 5.96 Å². The molecule has 1 N–H and O–H groups in total. The number of benzene rings is 1. The van der Waals surface area contributed by atoms with E-state index in [0.29, 0.717) is 6.54 Å². The van der Waals surface area contributed by atoms with Gasteiger partial charge in [-0.15, -0.1) is 35.3 Å². The number of thiazole rings is 1. The van der Waals surface area contributed by atoms with Crippen LogP contribution in [-0.2, 0) is 19.5 Å². The molecule has 1 heterocycles. The Morgan fingerprint density at radius 1 is 1.26 bits per heavy atom. The fraction of sp³-hybridized carbons (Fsp3) is 0.412. The molecule has 0 atom stereocenters. The average molecular weight is 444 g/mol. The molecule has 23 heavy (non-hydrogen) atoms. The summed E-state index contributed by atoms with van der Waals surface area (Å²) in [4.78, 5) is 12.1. The summed E-state index contributed by atoms with van der Waals surface area (Å²) >= 11 is 1.71. The topological polar surface area (TPSA) is 40.5 Å². The van der Waals surface area contributed by atoms with Crippen LogP contribution < -0.4 is 5.32 Å². The van der Waals surface area contributed by atoms with Gasteiger partial charge in [-0.25, -0.2) is 4.98 Å². The first-order chi connectivity index (χ1) is 10.6. The molecule has 0 saturated carbocycles. The fourth-order valence-corrected chi connectivity index (χ4v) is 2.98. The molecule has 126 valence electrons. The number of hydrogen-bond acceptors (Lipinski definition) is 3. The molecule has 1 aromatic carbocycles. The lowest BCUT2D eigenvalue weighted by Crippen LogP contribution is -2.38. The molecule has 0 unspecified atom stereocenters. The summed E-state index contributed by atoms with van der Waals surface area (Å²) in [7, 11) is 3.86. The van der Waals surface area contributed by atoms with Crippen molar-refractivity contribution in [1.29, 1.82) is 0 Å². The molecular formula is C17H25IN4S. The quantitative estimate of drug-likeness (QED) is 0.433. The van der Waals surface area contributed by atoms with Crippen molar-refractivity contribution in [2.75, 3.05) is 14.1 Å². The number of aryl methyl sites for hydroxylation is 2. The summed E-state index contributed by atoms with van der Waals surface area (Å²) in [6.07, 6.45) is 2.98. The van der Waals surface area contributed by atoms with Crippen LogP contribution in [0, 0.1) is 6.92 Å². The van der Waals surface area contributed by atoms with Gasteiger partial charge in [0.2, 0.25) is 0 Å². The monoisotopic (exact) mass is 444 g/mol. The van der Waals surface area contributed by atoms with Crippen LogP contribution in [0.4, 0.5) is 0 Å². The van der Waals surface area contributed by atoms with Crippen molar-refractivity contribution in [3.8, 4) is 0 Å². The number of guanidine groups is 1. The summed E-state index contributed by atoms with van der Waals surface area (Å²) in [6.45, 7) is 5.79. The van der Waals surface area contributed by atoms with Crippen LogP contribution >= 0.6 is 35.3 Å². The van der Waals surface area contributed by atoms with Gasteiger partial charge < -0.3 is 10.2 Å². The minimum Gasteiger partial charge on any atom is -0.350 e. The van der Waals surface area contributed by atoms with E-state index in [9.17, 15) is 0 Å². The van der Waals surface area contributed by atoms with Crippen molar-refractivity contribution >= 4 is 41.3 Å². The first kappa shape index (κ1) is 19.9. The standard InChI is InChI=1S/C17H24N4S.HI/c1-5-14-6-8-15(9-7-14)12-21(4)17(18-3)20-11-16-19-10-13(2)22-16;/h6-10H,5,11-12H2,1-4H3,(H,18,20);1H. The second kappa shape index (κ2) is 9.87. The zero-order valence-corrected chi connectivity index (χ0v) is 17.3. The minimum absolute atomic E-state index is 0. The molecule has 0 fully saturated rings. The predicted octanol–water partition coefficient (Wildman–Crippen LogP) is 3.84. The summed E-state index contributed by atoms with van der Waals surface area (Å²) in [5.41, 5.74) is 2.65. The Hall–Kier alpha value is -1.15. The number of aliphatic imine (C=N–C) groups is 1. The molecule has 4 nitrogen and oxygen atoms in total. The lowest BCUT2D eigenvalue weighted by molar-refractivity contribution is 0.476. The van der Waals surface area contributed by atoms with Gasteiger partial charge in [0, 0.05) is 31.7 Å². The molecule has 0 aliphatic rings. The zero-order valence-electron chi connectivity index (χ0n) is 14.2. The molecule has 0 amide bonds. The van der Waals surface area contributed by atoms with E-state index in [1.54, 1.807) is 11.3 Å². The first-order valence-corrected chi connectivity index (χ1v) is 8.35. The van der Waals surface area contributed by atoms with E-state index < -0.39 is 0 Å². The van der Waals surface area contributed by atoms with Crippen LogP contribution in [0.5, 0.6) is 0 Å². The van der Waals surface area contributed by atoms with Gasteiger partial charge in [-0.05, 0) is 24.5 Å². The largest absolute Gasteiger partial charge is 0.350 e. The van der Waals surface area contributed by atoms with Crippen LogP contribution in [0.1, 0.15) is 27.9 Å². The number of hydrogen-bond donors (Lipinski definition) is 1. The average Bonchev–Trinajstić information content (AvgIpc) is 2.94. The zero-order chi connectivity index (χ0) is 15.9. The van der Waals surface area contributed by atoms with E-state index in [0.717, 1.165) is 23.9 Å². The summed E-state index contributed by atoms with van der Waals surface area (Å²) in [6, 6.07) is 8.76. The Morgan fingerprint density at radius 2 is 1.91 bits per heavy atom. The molecule has 2 rings (SSSR count). The summed E-state index contributed by atoms with van der Waals surface area (Å²) in [5, 5.41) is 4.45. The second-order valence-electron chi connectivity index (χ2n) is 5.29. The van der Waals surface area contributed by atoms with Gasteiger partial charge in [-0.2, -0.15) is 0 Å². The maximum Gasteiger partial charge on any atom is 0.194 e. The van der Waals surface area contributed by atoms with Crippen molar-refractivity contribution in [3.63, 3.8) is 0 Å². The molecule has 0 radical (unpaired) electrons. The second-order valence-corrected chi connectivity index (χ2v) is 6.61. The Labute approximate surface area is 160 Å². The molecule has 0 aliphatic heterocycles. The number of aromatic nitrogens is 1. The number of nitrogens with zero attached hydrogens (tertiary/aromatic N) is 3. The Balaban J connectivity index is 0.00000264. The number of rotatable bonds is 5. The van der Waals surface area contributed by atoms with Crippen LogP contribution in [0.15, 0.2) is 35.5 Å². The molecule has 1 aromatic heterocycles. The van der Waals surface area contributed by atoms with Crippen LogP contribution in [0.25, 0.3) is 0 Å². The van der Waals surface area contributed by atoms with Gasteiger partial charge in [0.25, 0.3) is 0 Å². The third-order valence-corrected chi connectivity index (χ3v) is 4.40. The lowest BCUT2D eigenvalue weighted by atomic mass is 10.1. The highest BCUT2D eigenvalue weighted by Gasteiger charge is 2.07. The Bertz CT molecular complexity index is 622. The van der Waals surface area contributed by atoms with Crippen molar-refractivity contribution < 1.29 is 0 Å². The molecule has 0 aliphatic carbocycles. The van der Waals surface area contributed by atoms with E-state index in [1.165, 1.54) is 16.0 Å². The third kappa shape index (κ3) is 6.10. The maximum absolute atomic E-state index is 4.37. The highest BCUT2D eigenvalue weighted by atomic mass is 127. The van der Waals surface area contributed by atoms with E-state index in [1.807, 2.05) is 13.2 Å². The molecule has 2 aromatic rings. The van der Waals surface area contributed by atoms with Crippen LogP contribution in [0.2, 0.25) is 0 Å². The van der Waals surface area contributed by atoms with E-state index >= 15 is 0 Å². The lowest BCUT2D eigenvalue weighted by Gasteiger charge is -2.22. The van der Waals surface area contributed by atoms with Gasteiger partial charge in [0.05, 0.1) is 6.54 Å². The number of halogens is 1. The smallest absolute Gasteiger partial charge is 0.194 e. The molecule has 0 saturated heterocycles. The number of nitrogens with one attached hydrogen (secondary N) is 1. The Kier molecular flexibility index (Phi) is 8.54. The van der Waals surface area contributed by atoms with Gasteiger partial charge in [-0.1, -0.05) is 31.2 Å². The molecule has 0 spiro atoms. The highest BCUT2D eigenvalue weighted by Crippen LogP contribution is 2.11. The minimum atomic E-state index is 0. The maximum atomic E-state index is 4.37. The van der Waals surface area contributed by atoms with Gasteiger partial charge >= 0.3 is 0 Å². The van der Waals surface area contributed by atoms with Gasteiger partial charge in [-0.3, -0.25) is 4.99 Å². The molecular weight excluding hydrogens is 419 g/mol. The highest BCUT2D eigenvalue weighted by molar-refractivity contribution is 14.0. The van der Waals surface area contributed by atoms with E-state index in [2.05, 4.69) is 65.4 Å². The van der Waals surface area contributed by atoms with Crippen molar-refractivity contribution in [2.45, 2.75) is 33.4 Å².